The van der Waals surface area contributed by atoms with Crippen molar-refractivity contribution in [2.75, 3.05) is 6.54 Å². The topological polar surface area (TPSA) is 64.0 Å². The van der Waals surface area contributed by atoms with Gasteiger partial charge in [-0.3, -0.25) is 4.68 Å². The standard InChI is InChI=1S/C9H17N3O2S/c1-4-12-7-9(6-10-12)15(13,14)11-5-8(2)3/h6-8,11H,4-5H2,1-3H3. The first-order valence-corrected chi connectivity index (χ1v) is 6.46. The van der Waals surface area contributed by atoms with Crippen LogP contribution in [0, 0.1) is 5.92 Å². The molecule has 0 fully saturated rings. The minimum atomic E-state index is -3.38. The molecule has 0 atom stereocenters. The van der Waals surface area contributed by atoms with Crippen LogP contribution in [-0.4, -0.2) is 24.7 Å². The minimum absolute atomic E-state index is 0.227. The van der Waals surface area contributed by atoms with Gasteiger partial charge in [-0.15, -0.1) is 0 Å². The van der Waals surface area contributed by atoms with E-state index >= 15 is 0 Å². The number of hydrogen-bond acceptors (Lipinski definition) is 3. The zero-order valence-corrected chi connectivity index (χ0v) is 10.1. The molecule has 1 heterocycles. The fourth-order valence-corrected chi connectivity index (χ4v) is 2.18. The second-order valence-corrected chi connectivity index (χ2v) is 5.54. The minimum Gasteiger partial charge on any atom is -0.272 e. The molecule has 0 aliphatic heterocycles. The second-order valence-electron chi connectivity index (χ2n) is 3.78. The van der Waals surface area contributed by atoms with Gasteiger partial charge in [0.2, 0.25) is 10.0 Å². The molecule has 6 heteroatoms. The molecule has 5 nitrogen and oxygen atoms in total. The highest BCUT2D eigenvalue weighted by molar-refractivity contribution is 7.89. The molecule has 0 saturated heterocycles. The lowest BCUT2D eigenvalue weighted by Gasteiger charge is -2.06. The predicted octanol–water partition coefficient (Wildman–Crippen LogP) is 0.837. The molecule has 15 heavy (non-hydrogen) atoms. The van der Waals surface area contributed by atoms with Crippen molar-refractivity contribution in [3.8, 4) is 0 Å². The Labute approximate surface area is 90.5 Å². The molecule has 0 aliphatic carbocycles. The summed E-state index contributed by atoms with van der Waals surface area (Å²) in [6.45, 7) is 6.93. The van der Waals surface area contributed by atoms with E-state index < -0.39 is 10.0 Å². The van der Waals surface area contributed by atoms with E-state index in [1.165, 1.54) is 12.4 Å². The van der Waals surface area contributed by atoms with Gasteiger partial charge in [0.1, 0.15) is 4.90 Å². The van der Waals surface area contributed by atoms with Crippen molar-refractivity contribution in [3.05, 3.63) is 12.4 Å². The number of aryl methyl sites for hydroxylation is 1. The van der Waals surface area contributed by atoms with Gasteiger partial charge in [-0.2, -0.15) is 5.10 Å². The highest BCUT2D eigenvalue weighted by Gasteiger charge is 2.15. The summed E-state index contributed by atoms with van der Waals surface area (Å²) < 4.78 is 27.5. The molecule has 1 aromatic rings. The third kappa shape index (κ3) is 3.32. The first-order valence-electron chi connectivity index (χ1n) is 4.98. The SMILES string of the molecule is CCn1cc(S(=O)(=O)NCC(C)C)cn1. The summed E-state index contributed by atoms with van der Waals surface area (Å²) in [6.07, 6.45) is 2.90. The van der Waals surface area contributed by atoms with Gasteiger partial charge < -0.3 is 0 Å². The average Bonchev–Trinajstić information content (AvgIpc) is 2.63. The van der Waals surface area contributed by atoms with Gasteiger partial charge in [-0.05, 0) is 12.8 Å². The first kappa shape index (κ1) is 12.2. The summed E-state index contributed by atoms with van der Waals surface area (Å²) in [6, 6.07) is 0. The molecule has 1 N–H and O–H groups in total. The quantitative estimate of drug-likeness (QED) is 0.816. The van der Waals surface area contributed by atoms with Crippen molar-refractivity contribution in [2.45, 2.75) is 32.2 Å². The number of aromatic nitrogens is 2. The van der Waals surface area contributed by atoms with Crippen molar-refractivity contribution in [1.29, 1.82) is 0 Å². The van der Waals surface area contributed by atoms with Gasteiger partial charge in [0.05, 0.1) is 6.20 Å². The Bertz CT molecular complexity index is 409. The molecule has 0 amide bonds. The maximum Gasteiger partial charge on any atom is 0.243 e. The van der Waals surface area contributed by atoms with Crippen LogP contribution in [0.3, 0.4) is 0 Å². The van der Waals surface area contributed by atoms with E-state index in [4.69, 9.17) is 0 Å². The zero-order valence-electron chi connectivity index (χ0n) is 9.27. The van der Waals surface area contributed by atoms with Crippen LogP contribution in [0.25, 0.3) is 0 Å². The smallest absolute Gasteiger partial charge is 0.243 e. The number of nitrogens with zero attached hydrogens (tertiary/aromatic N) is 2. The van der Waals surface area contributed by atoms with Gasteiger partial charge in [0, 0.05) is 19.3 Å². The first-order chi connectivity index (χ1) is 6.95. The van der Waals surface area contributed by atoms with Crippen molar-refractivity contribution < 1.29 is 8.42 Å². The second kappa shape index (κ2) is 4.76. The molecule has 0 bridgehead atoms. The number of nitrogens with one attached hydrogen (secondary N) is 1. The number of sulfonamides is 1. The lowest BCUT2D eigenvalue weighted by atomic mass is 10.2. The summed E-state index contributed by atoms with van der Waals surface area (Å²) in [7, 11) is -3.38. The Balaban J connectivity index is 2.77. The molecular formula is C9H17N3O2S. The molecule has 0 radical (unpaired) electrons. The molecular weight excluding hydrogens is 214 g/mol. The van der Waals surface area contributed by atoms with E-state index in [1.54, 1.807) is 4.68 Å². The third-order valence-electron chi connectivity index (χ3n) is 1.93. The van der Waals surface area contributed by atoms with Crippen molar-refractivity contribution >= 4 is 10.0 Å². The Morgan fingerprint density at radius 2 is 2.20 bits per heavy atom. The van der Waals surface area contributed by atoms with Crippen LogP contribution in [0.15, 0.2) is 17.3 Å². The van der Waals surface area contributed by atoms with E-state index in [9.17, 15) is 8.42 Å². The predicted molar refractivity (Wildman–Crippen MR) is 57.9 cm³/mol. The van der Waals surface area contributed by atoms with Crippen molar-refractivity contribution in [1.82, 2.24) is 14.5 Å². The van der Waals surface area contributed by atoms with E-state index in [2.05, 4.69) is 9.82 Å². The zero-order chi connectivity index (χ0) is 11.5. The van der Waals surface area contributed by atoms with Crippen molar-refractivity contribution in [3.63, 3.8) is 0 Å². The molecule has 0 aliphatic rings. The maximum absolute atomic E-state index is 11.7. The lowest BCUT2D eigenvalue weighted by molar-refractivity contribution is 0.560. The highest BCUT2D eigenvalue weighted by atomic mass is 32.2. The normalized spacial score (nSPS) is 12.3. The van der Waals surface area contributed by atoms with Crippen LogP contribution < -0.4 is 4.72 Å². The van der Waals surface area contributed by atoms with E-state index in [1.807, 2.05) is 20.8 Å². The Morgan fingerprint density at radius 1 is 1.53 bits per heavy atom. The largest absolute Gasteiger partial charge is 0.272 e. The third-order valence-corrected chi connectivity index (χ3v) is 3.30. The van der Waals surface area contributed by atoms with Gasteiger partial charge >= 0.3 is 0 Å². The van der Waals surface area contributed by atoms with Crippen LogP contribution in [-0.2, 0) is 16.6 Å². The molecule has 0 unspecified atom stereocenters. The van der Waals surface area contributed by atoms with Crippen LogP contribution in [0.2, 0.25) is 0 Å². The molecule has 1 rings (SSSR count). The van der Waals surface area contributed by atoms with Crippen molar-refractivity contribution in [2.24, 2.45) is 5.92 Å². The summed E-state index contributed by atoms with van der Waals surface area (Å²) in [5.41, 5.74) is 0. The fraction of sp³-hybridized carbons (Fsp3) is 0.667. The summed E-state index contributed by atoms with van der Waals surface area (Å²) in [5.74, 6) is 0.293. The molecule has 0 spiro atoms. The monoisotopic (exact) mass is 231 g/mol. The van der Waals surface area contributed by atoms with Gasteiger partial charge in [-0.1, -0.05) is 13.8 Å². The molecule has 86 valence electrons. The number of hydrogen-bond donors (Lipinski definition) is 1. The average molecular weight is 231 g/mol. The lowest BCUT2D eigenvalue weighted by Crippen LogP contribution is -2.27. The highest BCUT2D eigenvalue weighted by Crippen LogP contribution is 2.07. The van der Waals surface area contributed by atoms with Crippen LogP contribution in [0.1, 0.15) is 20.8 Å². The van der Waals surface area contributed by atoms with Gasteiger partial charge in [0.15, 0.2) is 0 Å². The van der Waals surface area contributed by atoms with Crippen LogP contribution in [0.5, 0.6) is 0 Å². The summed E-state index contributed by atoms with van der Waals surface area (Å²) in [5, 5.41) is 3.93. The number of rotatable bonds is 5. The van der Waals surface area contributed by atoms with E-state index in [-0.39, 0.29) is 4.90 Å². The Morgan fingerprint density at radius 3 is 2.67 bits per heavy atom. The van der Waals surface area contributed by atoms with Gasteiger partial charge in [-0.25, -0.2) is 13.1 Å². The fourth-order valence-electron chi connectivity index (χ4n) is 1.02. The molecule has 0 saturated carbocycles. The Hall–Kier alpha value is -0.880. The maximum atomic E-state index is 11.7. The molecule has 0 aromatic carbocycles. The summed E-state index contributed by atoms with van der Waals surface area (Å²) in [4.78, 5) is 0.227. The van der Waals surface area contributed by atoms with E-state index in [0.717, 1.165) is 0 Å². The Kier molecular flexibility index (Phi) is 3.87. The van der Waals surface area contributed by atoms with Gasteiger partial charge in [0.25, 0.3) is 0 Å². The summed E-state index contributed by atoms with van der Waals surface area (Å²) >= 11 is 0. The van der Waals surface area contributed by atoms with E-state index in [0.29, 0.717) is 19.0 Å². The molecule has 1 aromatic heterocycles. The van der Waals surface area contributed by atoms with Crippen LogP contribution in [0.4, 0.5) is 0 Å². The van der Waals surface area contributed by atoms with Crippen LogP contribution >= 0.6 is 0 Å².